The molecule has 0 aliphatic rings. The Labute approximate surface area is 85.3 Å². The summed E-state index contributed by atoms with van der Waals surface area (Å²) in [6.45, 7) is 2.46. The van der Waals surface area contributed by atoms with Gasteiger partial charge in [0.1, 0.15) is 0 Å². The van der Waals surface area contributed by atoms with E-state index in [0.29, 0.717) is 0 Å². The van der Waals surface area contributed by atoms with Gasteiger partial charge in [0, 0.05) is 25.8 Å². The average molecular weight is 189 g/mol. The summed E-state index contributed by atoms with van der Waals surface area (Å²) >= 11 is 0. The molecule has 0 amide bonds. The van der Waals surface area contributed by atoms with Crippen molar-refractivity contribution in [3.63, 3.8) is 0 Å². The van der Waals surface area contributed by atoms with Gasteiger partial charge in [-0.15, -0.1) is 6.42 Å². The molecule has 0 radical (unpaired) electrons. The topological polar surface area (TPSA) is 21.3 Å². The minimum Gasteiger partial charge on any atom is -0.383 e. The predicted octanol–water partition coefficient (Wildman–Crippen LogP) is 1.40. The molecule has 0 saturated carbocycles. The first-order valence-corrected chi connectivity index (χ1v) is 4.62. The Hall–Kier alpha value is -1.30. The van der Waals surface area contributed by atoms with Gasteiger partial charge in [0.2, 0.25) is 0 Å². The number of nitrogens with one attached hydrogen (secondary N) is 1. The van der Waals surface area contributed by atoms with Gasteiger partial charge in [-0.25, -0.2) is 0 Å². The van der Waals surface area contributed by atoms with Crippen molar-refractivity contribution in [2.45, 2.75) is 6.54 Å². The van der Waals surface area contributed by atoms with Gasteiger partial charge >= 0.3 is 0 Å². The Morgan fingerprint density at radius 3 is 2.64 bits per heavy atom. The highest BCUT2D eigenvalue weighted by Crippen LogP contribution is 2.02. The number of ether oxygens (including phenoxy) is 1. The molecular weight excluding hydrogens is 174 g/mol. The molecule has 1 N–H and O–H groups in total. The van der Waals surface area contributed by atoms with Crippen LogP contribution in [0.15, 0.2) is 24.3 Å². The molecule has 0 spiro atoms. The molecule has 74 valence electrons. The lowest BCUT2D eigenvalue weighted by molar-refractivity contribution is 0.199. The monoisotopic (exact) mass is 189 g/mol. The van der Waals surface area contributed by atoms with Gasteiger partial charge in [-0.05, 0) is 17.7 Å². The molecule has 0 atom stereocenters. The predicted molar refractivity (Wildman–Crippen MR) is 58.0 cm³/mol. The Morgan fingerprint density at radius 2 is 2.07 bits per heavy atom. The second kappa shape index (κ2) is 6.20. The number of terminal acetylenes is 1. The summed E-state index contributed by atoms with van der Waals surface area (Å²) in [6.07, 6.45) is 5.26. The van der Waals surface area contributed by atoms with Crippen LogP contribution in [-0.2, 0) is 11.3 Å². The lowest BCUT2D eigenvalue weighted by Crippen LogP contribution is -2.18. The third-order valence-electron chi connectivity index (χ3n) is 1.93. The molecular formula is C12H15NO. The van der Waals surface area contributed by atoms with Crippen molar-refractivity contribution in [2.24, 2.45) is 0 Å². The third-order valence-corrected chi connectivity index (χ3v) is 1.93. The lowest BCUT2D eigenvalue weighted by Gasteiger charge is -2.03. The van der Waals surface area contributed by atoms with Crippen LogP contribution in [0.5, 0.6) is 0 Å². The highest BCUT2D eigenvalue weighted by molar-refractivity contribution is 5.34. The summed E-state index contributed by atoms with van der Waals surface area (Å²) in [7, 11) is 1.70. The van der Waals surface area contributed by atoms with Gasteiger partial charge in [0.25, 0.3) is 0 Å². The minimum atomic E-state index is 0.739. The van der Waals surface area contributed by atoms with E-state index in [9.17, 15) is 0 Å². The van der Waals surface area contributed by atoms with E-state index >= 15 is 0 Å². The van der Waals surface area contributed by atoms with E-state index in [4.69, 9.17) is 11.2 Å². The summed E-state index contributed by atoms with van der Waals surface area (Å²) in [5.41, 5.74) is 2.16. The second-order valence-electron chi connectivity index (χ2n) is 3.01. The zero-order chi connectivity index (χ0) is 10.2. The van der Waals surface area contributed by atoms with Crippen molar-refractivity contribution in [1.82, 2.24) is 5.32 Å². The highest BCUT2D eigenvalue weighted by atomic mass is 16.5. The van der Waals surface area contributed by atoms with Crippen LogP contribution in [0, 0.1) is 12.3 Å². The van der Waals surface area contributed by atoms with Crippen LogP contribution in [0.25, 0.3) is 0 Å². The first kappa shape index (κ1) is 10.8. The number of benzene rings is 1. The van der Waals surface area contributed by atoms with E-state index in [1.807, 2.05) is 24.3 Å². The minimum absolute atomic E-state index is 0.739. The molecule has 0 heterocycles. The van der Waals surface area contributed by atoms with Crippen molar-refractivity contribution in [2.75, 3.05) is 20.3 Å². The van der Waals surface area contributed by atoms with Crippen molar-refractivity contribution >= 4 is 0 Å². The standard InChI is InChI=1S/C12H15NO/c1-3-11-4-6-12(7-5-11)10-13-8-9-14-2/h1,4-7,13H,8-10H2,2H3. The number of hydrogen-bond acceptors (Lipinski definition) is 2. The first-order valence-electron chi connectivity index (χ1n) is 4.62. The zero-order valence-corrected chi connectivity index (χ0v) is 8.42. The quantitative estimate of drug-likeness (QED) is 0.558. The molecule has 14 heavy (non-hydrogen) atoms. The molecule has 2 heteroatoms. The first-order chi connectivity index (χ1) is 6.86. The van der Waals surface area contributed by atoms with Crippen LogP contribution in [0.3, 0.4) is 0 Å². The second-order valence-corrected chi connectivity index (χ2v) is 3.01. The molecule has 2 nitrogen and oxygen atoms in total. The van der Waals surface area contributed by atoms with Crippen LogP contribution in [0.4, 0.5) is 0 Å². The molecule has 0 unspecified atom stereocenters. The fourth-order valence-electron chi connectivity index (χ4n) is 1.13. The molecule has 0 aliphatic heterocycles. The van der Waals surface area contributed by atoms with Crippen molar-refractivity contribution in [3.8, 4) is 12.3 Å². The summed E-state index contributed by atoms with van der Waals surface area (Å²) < 4.78 is 4.93. The molecule has 0 bridgehead atoms. The van der Waals surface area contributed by atoms with Gasteiger partial charge in [0.15, 0.2) is 0 Å². The highest BCUT2D eigenvalue weighted by Gasteiger charge is 1.92. The summed E-state index contributed by atoms with van der Waals surface area (Å²) in [5, 5.41) is 3.26. The average Bonchev–Trinajstić information content (AvgIpc) is 2.25. The molecule has 1 aromatic rings. The Balaban J connectivity index is 2.33. The van der Waals surface area contributed by atoms with E-state index in [2.05, 4.69) is 11.2 Å². The Kier molecular flexibility index (Phi) is 4.77. The maximum Gasteiger partial charge on any atom is 0.0587 e. The summed E-state index contributed by atoms with van der Waals surface area (Å²) in [5.74, 6) is 2.59. The summed E-state index contributed by atoms with van der Waals surface area (Å²) in [4.78, 5) is 0. The number of hydrogen-bond donors (Lipinski definition) is 1. The molecule has 0 fully saturated rings. The Bertz CT molecular complexity index is 297. The van der Waals surface area contributed by atoms with Crippen molar-refractivity contribution < 1.29 is 4.74 Å². The van der Waals surface area contributed by atoms with Gasteiger partial charge in [-0.3, -0.25) is 0 Å². The van der Waals surface area contributed by atoms with Crippen molar-refractivity contribution in [3.05, 3.63) is 35.4 Å². The van der Waals surface area contributed by atoms with E-state index in [-0.39, 0.29) is 0 Å². The maximum atomic E-state index is 5.26. The SMILES string of the molecule is C#Cc1ccc(CNCCOC)cc1. The van der Waals surface area contributed by atoms with E-state index in [1.165, 1.54) is 5.56 Å². The van der Waals surface area contributed by atoms with Crippen LogP contribution in [0.1, 0.15) is 11.1 Å². The molecule has 0 aromatic heterocycles. The van der Waals surface area contributed by atoms with Gasteiger partial charge < -0.3 is 10.1 Å². The molecule has 0 aliphatic carbocycles. The van der Waals surface area contributed by atoms with Gasteiger partial charge in [-0.1, -0.05) is 18.1 Å². The number of methoxy groups -OCH3 is 1. The normalized spacial score (nSPS) is 9.71. The van der Waals surface area contributed by atoms with Crippen LogP contribution in [-0.4, -0.2) is 20.3 Å². The molecule has 1 rings (SSSR count). The van der Waals surface area contributed by atoms with E-state index in [0.717, 1.165) is 25.3 Å². The zero-order valence-electron chi connectivity index (χ0n) is 8.42. The van der Waals surface area contributed by atoms with Crippen molar-refractivity contribution in [1.29, 1.82) is 0 Å². The van der Waals surface area contributed by atoms with Gasteiger partial charge in [0.05, 0.1) is 6.61 Å². The molecule has 0 saturated heterocycles. The van der Waals surface area contributed by atoms with E-state index < -0.39 is 0 Å². The van der Waals surface area contributed by atoms with Crippen LogP contribution < -0.4 is 5.32 Å². The Morgan fingerprint density at radius 1 is 1.36 bits per heavy atom. The smallest absolute Gasteiger partial charge is 0.0587 e. The van der Waals surface area contributed by atoms with Gasteiger partial charge in [-0.2, -0.15) is 0 Å². The maximum absolute atomic E-state index is 5.26. The van der Waals surface area contributed by atoms with Crippen LogP contribution in [0.2, 0.25) is 0 Å². The van der Waals surface area contributed by atoms with E-state index in [1.54, 1.807) is 7.11 Å². The lowest BCUT2D eigenvalue weighted by atomic mass is 10.1. The third kappa shape index (κ3) is 3.61. The fourth-order valence-corrected chi connectivity index (χ4v) is 1.13. The fraction of sp³-hybridized carbons (Fsp3) is 0.333. The molecule has 1 aromatic carbocycles. The van der Waals surface area contributed by atoms with Crippen LogP contribution >= 0.6 is 0 Å². The summed E-state index contributed by atoms with van der Waals surface area (Å²) in [6, 6.07) is 7.98. The largest absolute Gasteiger partial charge is 0.383 e. The number of rotatable bonds is 5.